The number of nitrogens with zero attached hydrogens (tertiary/aromatic N) is 1. The highest BCUT2D eigenvalue weighted by molar-refractivity contribution is 9.10. The zero-order chi connectivity index (χ0) is 11.6. The first-order chi connectivity index (χ1) is 6.79. The molecule has 82 valence electrons. The Morgan fingerprint density at radius 3 is 2.53 bits per heavy atom. The minimum absolute atomic E-state index is 0.132. The fourth-order valence-corrected chi connectivity index (χ4v) is 1.62. The molecule has 1 rings (SSSR count). The average molecular weight is 271 g/mol. The third-order valence-corrected chi connectivity index (χ3v) is 2.18. The van der Waals surface area contributed by atoms with Crippen molar-refractivity contribution < 1.29 is 4.79 Å². The Morgan fingerprint density at radius 2 is 2.07 bits per heavy atom. The van der Waals surface area contributed by atoms with Crippen molar-refractivity contribution in [2.24, 2.45) is 0 Å². The molecule has 0 atom stereocenters. The Morgan fingerprint density at radius 1 is 1.47 bits per heavy atom. The van der Waals surface area contributed by atoms with Crippen molar-refractivity contribution in [2.75, 3.05) is 0 Å². The Hall–Kier alpha value is -0.900. The molecule has 0 saturated heterocycles. The molecule has 0 fully saturated rings. The number of aromatic nitrogens is 1. The van der Waals surface area contributed by atoms with Gasteiger partial charge >= 0.3 is 0 Å². The van der Waals surface area contributed by atoms with Crippen molar-refractivity contribution in [3.05, 3.63) is 28.0 Å². The van der Waals surface area contributed by atoms with Crippen LogP contribution in [0.15, 0.2) is 16.7 Å². The van der Waals surface area contributed by atoms with Crippen molar-refractivity contribution in [1.29, 1.82) is 0 Å². The van der Waals surface area contributed by atoms with Crippen LogP contribution in [0.25, 0.3) is 0 Å². The molecule has 0 aromatic carbocycles. The van der Waals surface area contributed by atoms with Gasteiger partial charge in [0, 0.05) is 16.2 Å². The number of aryl methyl sites for hydroxylation is 1. The fraction of sp³-hybridized carbons (Fsp3) is 0.455. The van der Waals surface area contributed by atoms with E-state index in [1.54, 1.807) is 6.20 Å². The highest BCUT2D eigenvalue weighted by Crippen LogP contribution is 2.13. The Bertz CT molecular complexity index is 383. The molecular weight excluding hydrogens is 256 g/mol. The third kappa shape index (κ3) is 3.63. The van der Waals surface area contributed by atoms with E-state index in [4.69, 9.17) is 0 Å². The quantitative estimate of drug-likeness (QED) is 0.853. The van der Waals surface area contributed by atoms with E-state index in [-0.39, 0.29) is 11.4 Å². The number of carbonyl (C=O) groups is 1. The number of hydrogen-bond acceptors (Lipinski definition) is 2. The van der Waals surface area contributed by atoms with Gasteiger partial charge in [0.2, 0.25) is 0 Å². The number of halogens is 1. The zero-order valence-electron chi connectivity index (χ0n) is 9.39. The molecule has 3 nitrogen and oxygen atoms in total. The number of rotatable bonds is 1. The number of amides is 1. The number of hydrogen-bond donors (Lipinski definition) is 1. The lowest BCUT2D eigenvalue weighted by Gasteiger charge is -2.20. The Balaban J connectivity index is 2.92. The van der Waals surface area contributed by atoms with Crippen LogP contribution >= 0.6 is 15.9 Å². The third-order valence-electron chi connectivity index (χ3n) is 1.75. The molecule has 4 heteroatoms. The van der Waals surface area contributed by atoms with Gasteiger partial charge in [0.25, 0.3) is 5.91 Å². The number of nitrogens with one attached hydrogen (secondary N) is 1. The summed E-state index contributed by atoms with van der Waals surface area (Å²) in [6.45, 7) is 7.70. The molecule has 0 saturated carbocycles. The zero-order valence-corrected chi connectivity index (χ0v) is 11.0. The first kappa shape index (κ1) is 12.2. The van der Waals surface area contributed by atoms with E-state index in [2.05, 4.69) is 26.2 Å². The van der Waals surface area contributed by atoms with E-state index in [1.165, 1.54) is 0 Å². The summed E-state index contributed by atoms with van der Waals surface area (Å²) >= 11 is 3.31. The lowest BCUT2D eigenvalue weighted by molar-refractivity contribution is 0.0913. The van der Waals surface area contributed by atoms with Gasteiger partial charge in [0.1, 0.15) is 5.69 Å². The molecule has 0 spiro atoms. The standard InChI is InChI=1S/C11H15BrN2O/c1-7-5-8(12)6-13-9(7)10(15)14-11(2,3)4/h5-6H,1-4H3,(H,14,15). The minimum Gasteiger partial charge on any atom is -0.346 e. The second kappa shape index (κ2) is 4.31. The lowest BCUT2D eigenvalue weighted by Crippen LogP contribution is -2.41. The van der Waals surface area contributed by atoms with Crippen LogP contribution in [-0.4, -0.2) is 16.4 Å². The molecule has 0 aliphatic rings. The van der Waals surface area contributed by atoms with E-state index in [0.717, 1.165) is 10.0 Å². The summed E-state index contributed by atoms with van der Waals surface area (Å²) < 4.78 is 0.882. The molecular formula is C11H15BrN2O. The van der Waals surface area contributed by atoms with Crippen LogP contribution in [0.3, 0.4) is 0 Å². The minimum atomic E-state index is -0.238. The van der Waals surface area contributed by atoms with Crippen LogP contribution in [0.2, 0.25) is 0 Å². The maximum absolute atomic E-state index is 11.8. The van der Waals surface area contributed by atoms with Crippen LogP contribution < -0.4 is 5.32 Å². The summed E-state index contributed by atoms with van der Waals surface area (Å²) in [5.41, 5.74) is 1.11. The van der Waals surface area contributed by atoms with E-state index >= 15 is 0 Å². The van der Waals surface area contributed by atoms with E-state index in [9.17, 15) is 4.79 Å². The monoisotopic (exact) mass is 270 g/mol. The largest absolute Gasteiger partial charge is 0.346 e. The van der Waals surface area contributed by atoms with E-state index in [0.29, 0.717) is 5.69 Å². The number of pyridine rings is 1. The Kier molecular flexibility index (Phi) is 3.50. The van der Waals surface area contributed by atoms with Gasteiger partial charge in [0.05, 0.1) is 0 Å². The lowest BCUT2D eigenvalue weighted by atomic mass is 10.1. The van der Waals surface area contributed by atoms with Crippen LogP contribution in [0.1, 0.15) is 36.8 Å². The molecule has 1 N–H and O–H groups in total. The summed E-state index contributed by atoms with van der Waals surface area (Å²) in [6.07, 6.45) is 1.63. The predicted molar refractivity (Wildman–Crippen MR) is 63.9 cm³/mol. The van der Waals surface area contributed by atoms with Crippen molar-refractivity contribution in [3.8, 4) is 0 Å². The summed E-state index contributed by atoms with van der Waals surface area (Å²) in [5.74, 6) is -0.132. The second-order valence-corrected chi connectivity index (χ2v) is 5.44. The molecule has 0 aliphatic heterocycles. The summed E-state index contributed by atoms with van der Waals surface area (Å²) in [6, 6.07) is 1.88. The number of carbonyl (C=O) groups excluding carboxylic acids is 1. The summed E-state index contributed by atoms with van der Waals surface area (Å²) in [4.78, 5) is 15.9. The van der Waals surface area contributed by atoms with Crippen molar-refractivity contribution in [1.82, 2.24) is 10.3 Å². The van der Waals surface area contributed by atoms with Crippen LogP contribution in [0.5, 0.6) is 0 Å². The van der Waals surface area contributed by atoms with Gasteiger partial charge in [0.15, 0.2) is 0 Å². The highest BCUT2D eigenvalue weighted by atomic mass is 79.9. The predicted octanol–water partition coefficient (Wildman–Crippen LogP) is 2.68. The normalized spacial score (nSPS) is 11.3. The van der Waals surface area contributed by atoms with Crippen molar-refractivity contribution in [2.45, 2.75) is 33.2 Å². The molecule has 0 bridgehead atoms. The highest BCUT2D eigenvalue weighted by Gasteiger charge is 2.17. The van der Waals surface area contributed by atoms with Crippen LogP contribution in [0, 0.1) is 6.92 Å². The molecule has 1 heterocycles. The van der Waals surface area contributed by atoms with Gasteiger partial charge in [-0.05, 0) is 55.3 Å². The summed E-state index contributed by atoms with van der Waals surface area (Å²) in [7, 11) is 0. The SMILES string of the molecule is Cc1cc(Br)cnc1C(=O)NC(C)(C)C. The van der Waals surface area contributed by atoms with Gasteiger partial charge in [-0.15, -0.1) is 0 Å². The maximum Gasteiger partial charge on any atom is 0.270 e. The topological polar surface area (TPSA) is 42.0 Å². The van der Waals surface area contributed by atoms with Crippen LogP contribution in [-0.2, 0) is 0 Å². The van der Waals surface area contributed by atoms with Crippen LogP contribution in [0.4, 0.5) is 0 Å². The molecule has 1 aromatic rings. The van der Waals surface area contributed by atoms with Crippen molar-refractivity contribution >= 4 is 21.8 Å². The molecule has 1 amide bonds. The van der Waals surface area contributed by atoms with Gasteiger partial charge in [-0.2, -0.15) is 0 Å². The molecule has 0 radical (unpaired) electrons. The van der Waals surface area contributed by atoms with E-state index < -0.39 is 0 Å². The smallest absolute Gasteiger partial charge is 0.270 e. The average Bonchev–Trinajstić information content (AvgIpc) is 1.99. The fourth-order valence-electron chi connectivity index (χ4n) is 1.18. The first-order valence-corrected chi connectivity index (χ1v) is 5.53. The molecule has 1 aromatic heterocycles. The van der Waals surface area contributed by atoms with Gasteiger partial charge in [-0.3, -0.25) is 4.79 Å². The Labute approximate surface area is 98.4 Å². The van der Waals surface area contributed by atoms with Gasteiger partial charge in [-0.1, -0.05) is 0 Å². The summed E-state index contributed by atoms with van der Waals surface area (Å²) in [5, 5.41) is 2.88. The molecule has 0 aliphatic carbocycles. The van der Waals surface area contributed by atoms with Crippen molar-refractivity contribution in [3.63, 3.8) is 0 Å². The second-order valence-electron chi connectivity index (χ2n) is 4.52. The molecule has 0 unspecified atom stereocenters. The first-order valence-electron chi connectivity index (χ1n) is 4.74. The molecule has 15 heavy (non-hydrogen) atoms. The van der Waals surface area contributed by atoms with E-state index in [1.807, 2.05) is 33.8 Å². The van der Waals surface area contributed by atoms with Gasteiger partial charge < -0.3 is 5.32 Å². The maximum atomic E-state index is 11.8. The van der Waals surface area contributed by atoms with Gasteiger partial charge in [-0.25, -0.2) is 4.98 Å².